The molecule has 0 amide bonds. The van der Waals surface area contributed by atoms with Crippen molar-refractivity contribution in [2.75, 3.05) is 24.6 Å². The highest BCUT2D eigenvalue weighted by Crippen LogP contribution is 2.57. The Morgan fingerprint density at radius 2 is 1.29 bits per heavy atom. The van der Waals surface area contributed by atoms with E-state index in [4.69, 9.17) is 9.46 Å². The van der Waals surface area contributed by atoms with Gasteiger partial charge in [0.2, 0.25) is 0 Å². The average molecular weight is 265 g/mol. The van der Waals surface area contributed by atoms with Gasteiger partial charge in [0, 0.05) is 7.26 Å². The SMILES string of the molecule is CC[P+](CC)(CC)CC.O=P([O-])(F)Cl. The summed E-state index contributed by atoms with van der Waals surface area (Å²) in [6, 6.07) is 0. The van der Waals surface area contributed by atoms with E-state index in [-0.39, 0.29) is 0 Å². The maximum Gasteiger partial charge on any atom is 0.268 e. The van der Waals surface area contributed by atoms with Gasteiger partial charge >= 0.3 is 0 Å². The van der Waals surface area contributed by atoms with Crippen molar-refractivity contribution in [3.05, 3.63) is 0 Å². The summed E-state index contributed by atoms with van der Waals surface area (Å²) in [4.78, 5) is 8.76. The van der Waals surface area contributed by atoms with Gasteiger partial charge in [0.25, 0.3) is 7.03 Å². The van der Waals surface area contributed by atoms with E-state index in [0.717, 1.165) is 0 Å². The van der Waals surface area contributed by atoms with E-state index >= 15 is 0 Å². The number of hydrogen-bond acceptors (Lipinski definition) is 2. The lowest BCUT2D eigenvalue weighted by atomic mass is 10.9. The van der Waals surface area contributed by atoms with E-state index in [0.29, 0.717) is 0 Å². The van der Waals surface area contributed by atoms with Crippen LogP contribution in [0.25, 0.3) is 0 Å². The van der Waals surface area contributed by atoms with E-state index in [1.165, 1.54) is 24.6 Å². The number of halogens is 2. The summed E-state index contributed by atoms with van der Waals surface area (Å²) in [6.07, 6.45) is 5.82. The molecule has 0 aromatic rings. The van der Waals surface area contributed by atoms with Crippen LogP contribution in [0, 0.1) is 0 Å². The van der Waals surface area contributed by atoms with Crippen molar-refractivity contribution >= 4 is 25.5 Å². The molecule has 2 nitrogen and oxygen atoms in total. The summed E-state index contributed by atoms with van der Waals surface area (Å²) in [6.45, 7) is 9.41. The highest BCUT2D eigenvalue weighted by atomic mass is 35.7. The molecule has 0 saturated heterocycles. The number of rotatable bonds is 4. The zero-order valence-electron chi connectivity index (χ0n) is 9.30. The fourth-order valence-electron chi connectivity index (χ4n) is 1.34. The lowest BCUT2D eigenvalue weighted by Crippen LogP contribution is -2.04. The lowest BCUT2D eigenvalue weighted by molar-refractivity contribution is -0.179. The van der Waals surface area contributed by atoms with Crippen LogP contribution in [-0.2, 0) is 4.57 Å². The van der Waals surface area contributed by atoms with Crippen LogP contribution in [0.1, 0.15) is 27.7 Å². The highest BCUT2D eigenvalue weighted by Gasteiger charge is 2.27. The molecule has 0 aromatic heterocycles. The first-order valence-corrected chi connectivity index (χ1v) is 9.75. The quantitative estimate of drug-likeness (QED) is 0.726. The van der Waals surface area contributed by atoms with Crippen molar-refractivity contribution in [1.82, 2.24) is 0 Å². The van der Waals surface area contributed by atoms with Crippen LogP contribution in [-0.4, -0.2) is 24.6 Å². The molecular formula is C8H20ClFO2P2. The normalized spacial score (nSPS) is 15.4. The standard InChI is InChI=1S/C8H20P.ClFHO2P/c1-5-9(6-2,7-3)8-4;1-5(2,3)4/h5-8H2,1-4H3;(H,3,4)/q+1;/p-1. The molecule has 6 heteroatoms. The molecule has 88 valence electrons. The first-order valence-electron chi connectivity index (χ1n) is 4.80. The predicted octanol–water partition coefficient (Wildman–Crippen LogP) is 3.75. The lowest BCUT2D eigenvalue weighted by Gasteiger charge is -2.20. The zero-order chi connectivity index (χ0) is 11.8. The van der Waals surface area contributed by atoms with Crippen LogP contribution in [0.4, 0.5) is 4.20 Å². The summed E-state index contributed by atoms with van der Waals surface area (Å²) in [5.41, 5.74) is 0. The van der Waals surface area contributed by atoms with E-state index < -0.39 is 14.3 Å². The maximum absolute atomic E-state index is 10.5. The van der Waals surface area contributed by atoms with Gasteiger partial charge in [-0.15, -0.1) is 0 Å². The van der Waals surface area contributed by atoms with Gasteiger partial charge in [0.15, 0.2) is 0 Å². The molecule has 0 aliphatic heterocycles. The molecule has 14 heavy (non-hydrogen) atoms. The van der Waals surface area contributed by atoms with Crippen LogP contribution in [0.15, 0.2) is 0 Å². The monoisotopic (exact) mass is 264 g/mol. The smallest absolute Gasteiger partial charge is 0.268 e. The van der Waals surface area contributed by atoms with Crippen molar-refractivity contribution in [1.29, 1.82) is 0 Å². The topological polar surface area (TPSA) is 40.1 Å². The summed E-state index contributed by atoms with van der Waals surface area (Å²) < 4.78 is 19.2. The minimum Gasteiger partial charge on any atom is -0.763 e. The van der Waals surface area contributed by atoms with Crippen LogP contribution in [0.3, 0.4) is 0 Å². The summed E-state index contributed by atoms with van der Waals surface area (Å²) in [7, 11) is -5.34. The Bertz CT molecular complexity index is 154. The second-order valence-electron chi connectivity index (χ2n) is 3.02. The van der Waals surface area contributed by atoms with Crippen molar-refractivity contribution < 1.29 is 13.7 Å². The Balaban J connectivity index is 0. The molecule has 0 aliphatic rings. The molecule has 0 rings (SSSR count). The third-order valence-electron chi connectivity index (χ3n) is 2.68. The van der Waals surface area contributed by atoms with Gasteiger partial charge < -0.3 is 4.89 Å². The first-order chi connectivity index (χ1) is 6.24. The Kier molecular flexibility index (Phi) is 9.91. The molecule has 0 bridgehead atoms. The third-order valence-corrected chi connectivity index (χ3v) is 8.05. The predicted molar refractivity (Wildman–Crippen MR) is 63.7 cm³/mol. The fraction of sp³-hybridized carbons (Fsp3) is 1.00. The van der Waals surface area contributed by atoms with Crippen molar-refractivity contribution in [3.63, 3.8) is 0 Å². The Morgan fingerprint density at radius 1 is 1.14 bits per heavy atom. The van der Waals surface area contributed by atoms with Crippen LogP contribution in [0.5, 0.6) is 0 Å². The Morgan fingerprint density at radius 3 is 1.29 bits per heavy atom. The molecule has 0 aliphatic carbocycles. The average Bonchev–Trinajstić information content (AvgIpc) is 2.07. The summed E-state index contributed by atoms with van der Waals surface area (Å²) in [5, 5.41) is 0. The second kappa shape index (κ2) is 8.05. The summed E-state index contributed by atoms with van der Waals surface area (Å²) in [5.74, 6) is 0. The summed E-state index contributed by atoms with van der Waals surface area (Å²) >= 11 is 3.86. The minimum atomic E-state index is -4.92. The third kappa shape index (κ3) is 10.9. The van der Waals surface area contributed by atoms with Gasteiger partial charge in [-0.25, -0.2) is 0 Å². The largest absolute Gasteiger partial charge is 0.763 e. The van der Waals surface area contributed by atoms with Gasteiger partial charge in [-0.1, -0.05) is 0 Å². The van der Waals surface area contributed by atoms with E-state index in [9.17, 15) is 4.20 Å². The maximum atomic E-state index is 10.5. The highest BCUT2D eigenvalue weighted by molar-refractivity contribution is 7.79. The Hall–Kier alpha value is 0.840. The van der Waals surface area contributed by atoms with E-state index in [1.54, 1.807) is 0 Å². The molecule has 1 unspecified atom stereocenters. The van der Waals surface area contributed by atoms with Gasteiger partial charge in [-0.05, 0) is 38.9 Å². The second-order valence-corrected chi connectivity index (χ2v) is 10.3. The van der Waals surface area contributed by atoms with Gasteiger partial charge in [-0.2, -0.15) is 4.20 Å². The molecule has 0 heterocycles. The zero-order valence-corrected chi connectivity index (χ0v) is 11.8. The molecule has 0 saturated carbocycles. The van der Waals surface area contributed by atoms with Crippen molar-refractivity contribution in [2.24, 2.45) is 0 Å². The Labute approximate surface area is 91.9 Å². The fourth-order valence-corrected chi connectivity index (χ4v) is 4.02. The van der Waals surface area contributed by atoms with Crippen molar-refractivity contribution in [3.8, 4) is 0 Å². The molecule has 0 radical (unpaired) electrons. The van der Waals surface area contributed by atoms with Crippen LogP contribution >= 0.6 is 25.5 Å². The molecule has 0 N–H and O–H groups in total. The van der Waals surface area contributed by atoms with Gasteiger partial charge in [0.1, 0.15) is 0 Å². The van der Waals surface area contributed by atoms with E-state index in [2.05, 4.69) is 38.9 Å². The molecule has 1 atom stereocenters. The van der Waals surface area contributed by atoms with Gasteiger partial charge in [0.05, 0.1) is 24.6 Å². The van der Waals surface area contributed by atoms with Crippen LogP contribution in [0.2, 0.25) is 0 Å². The first kappa shape index (κ1) is 17.2. The molecule has 0 spiro atoms. The number of hydrogen-bond donors (Lipinski definition) is 0. The molecular weight excluding hydrogens is 244 g/mol. The molecule has 0 fully saturated rings. The molecule has 0 aromatic carbocycles. The minimum absolute atomic E-state index is 0.420. The van der Waals surface area contributed by atoms with Crippen molar-refractivity contribution in [2.45, 2.75) is 27.7 Å². The van der Waals surface area contributed by atoms with E-state index in [1.807, 2.05) is 0 Å². The van der Waals surface area contributed by atoms with Gasteiger partial charge in [-0.3, -0.25) is 4.57 Å². The van der Waals surface area contributed by atoms with Crippen LogP contribution < -0.4 is 4.89 Å².